The lowest BCUT2D eigenvalue weighted by Crippen LogP contribution is -2.48. The van der Waals surface area contributed by atoms with Crippen LogP contribution >= 0.6 is 23.2 Å². The van der Waals surface area contributed by atoms with Crippen LogP contribution in [0.3, 0.4) is 0 Å². The number of sulfonamides is 1. The molecule has 2 heterocycles. The fraction of sp³-hybridized carbons (Fsp3) is 0.200. The summed E-state index contributed by atoms with van der Waals surface area (Å²) in [6.07, 6.45) is 1.80. The van der Waals surface area contributed by atoms with Crippen LogP contribution in [0.2, 0.25) is 10.0 Å². The van der Waals surface area contributed by atoms with Crippen LogP contribution in [0.1, 0.15) is 10.4 Å². The van der Waals surface area contributed by atoms with Gasteiger partial charge in [-0.1, -0.05) is 51.9 Å². The molecule has 12 heteroatoms. The second-order valence-corrected chi connectivity index (χ2v) is 12.1. The van der Waals surface area contributed by atoms with E-state index in [0.717, 1.165) is 36.5 Å². The van der Waals surface area contributed by atoms with Crippen molar-refractivity contribution in [2.45, 2.75) is 4.90 Å². The second-order valence-electron chi connectivity index (χ2n) is 9.53. The van der Waals surface area contributed by atoms with Crippen LogP contribution < -0.4 is 19.5 Å². The number of hydrogen-bond acceptors (Lipinski definition) is 7. The first-order valence-corrected chi connectivity index (χ1v) is 15.5. The van der Waals surface area contributed by atoms with Crippen LogP contribution in [0.15, 0.2) is 102 Å². The zero-order valence-electron chi connectivity index (χ0n) is 22.6. The van der Waals surface area contributed by atoms with E-state index in [0.29, 0.717) is 23.7 Å². The van der Waals surface area contributed by atoms with Gasteiger partial charge >= 0.3 is 0 Å². The number of nitrogens with zero attached hydrogens (tertiary/aromatic N) is 4. The molecular formula is C30H29Cl2N5O4S. The Morgan fingerprint density at radius 1 is 0.881 bits per heavy atom. The van der Waals surface area contributed by atoms with E-state index in [1.54, 1.807) is 36.5 Å². The monoisotopic (exact) mass is 625 g/mol. The Hall–Kier alpha value is -3.83. The lowest BCUT2D eigenvalue weighted by molar-refractivity contribution is 0.0947. The zero-order chi connectivity index (χ0) is 29.5. The fourth-order valence-corrected chi connectivity index (χ4v) is 6.01. The van der Waals surface area contributed by atoms with Gasteiger partial charge in [-0.15, -0.1) is 0 Å². The largest absolute Gasteiger partial charge is 0.364 e. The molecule has 0 aliphatic carbocycles. The second kappa shape index (κ2) is 13.4. The van der Waals surface area contributed by atoms with Crippen molar-refractivity contribution in [2.24, 2.45) is 0 Å². The smallest absolute Gasteiger partial charge is 0.295 e. The van der Waals surface area contributed by atoms with Crippen LogP contribution in [0.5, 0.6) is 5.75 Å². The number of carbonyl (C=O) groups is 1. The van der Waals surface area contributed by atoms with E-state index in [4.69, 9.17) is 28.0 Å². The summed E-state index contributed by atoms with van der Waals surface area (Å²) in [5.74, 6) is 0.882. The number of rotatable bonds is 10. The van der Waals surface area contributed by atoms with Crippen LogP contribution in [0, 0.1) is 0 Å². The van der Waals surface area contributed by atoms with Crippen molar-refractivity contribution in [2.75, 3.05) is 48.6 Å². The van der Waals surface area contributed by atoms with Gasteiger partial charge in [-0.25, -0.2) is 4.98 Å². The molecule has 218 valence electrons. The van der Waals surface area contributed by atoms with Gasteiger partial charge in [0.25, 0.3) is 15.9 Å². The number of amides is 1. The van der Waals surface area contributed by atoms with Crippen molar-refractivity contribution in [1.29, 1.82) is 0 Å². The number of halogens is 2. The van der Waals surface area contributed by atoms with Gasteiger partial charge in [0.05, 0.1) is 20.6 Å². The number of benzene rings is 3. The van der Waals surface area contributed by atoms with Crippen molar-refractivity contribution in [3.63, 3.8) is 0 Å². The quantitative estimate of drug-likeness (QED) is 0.244. The molecule has 1 aliphatic heterocycles. The number of piperazine rings is 1. The molecule has 1 N–H and O–H groups in total. The summed E-state index contributed by atoms with van der Waals surface area (Å²) in [4.78, 5) is 27.5. The standard InChI is InChI=1S/C30H29Cl2N5O4S/c31-27-14-11-25(22-28(27)32)41-37(24-6-2-1-3-7-24)42(39,40)26-12-9-23(10-13-26)30(38)34-16-17-35-18-20-36(21-19-35)29-8-4-5-15-33-29/h1-15,22H,16-21H2,(H,34,38). The molecule has 42 heavy (non-hydrogen) atoms. The molecule has 1 fully saturated rings. The van der Waals surface area contributed by atoms with Crippen molar-refractivity contribution in [3.8, 4) is 5.75 Å². The van der Waals surface area contributed by atoms with E-state index >= 15 is 0 Å². The first-order valence-electron chi connectivity index (χ1n) is 13.3. The van der Waals surface area contributed by atoms with Crippen LogP contribution in [0.4, 0.5) is 11.5 Å². The van der Waals surface area contributed by atoms with E-state index in [1.165, 1.54) is 42.5 Å². The Morgan fingerprint density at radius 3 is 2.26 bits per heavy atom. The summed E-state index contributed by atoms with van der Waals surface area (Å²) in [7, 11) is -4.19. The molecule has 1 amide bonds. The molecule has 0 unspecified atom stereocenters. The Morgan fingerprint density at radius 2 is 1.60 bits per heavy atom. The highest BCUT2D eigenvalue weighted by molar-refractivity contribution is 7.92. The molecular weight excluding hydrogens is 597 g/mol. The highest BCUT2D eigenvalue weighted by atomic mass is 35.5. The van der Waals surface area contributed by atoms with Gasteiger partial charge in [0, 0.05) is 57.1 Å². The van der Waals surface area contributed by atoms with Gasteiger partial charge in [-0.2, -0.15) is 8.42 Å². The zero-order valence-corrected chi connectivity index (χ0v) is 24.9. The average molecular weight is 627 g/mol. The molecule has 4 aromatic rings. The van der Waals surface area contributed by atoms with Crippen LogP contribution in [-0.4, -0.2) is 63.5 Å². The predicted molar refractivity (Wildman–Crippen MR) is 165 cm³/mol. The lowest BCUT2D eigenvalue weighted by atomic mass is 10.2. The first kappa shape index (κ1) is 29.7. The van der Waals surface area contributed by atoms with Gasteiger partial charge in [-0.05, 0) is 60.7 Å². The minimum absolute atomic E-state index is 0.0475. The molecule has 1 saturated heterocycles. The number of aromatic nitrogens is 1. The third kappa shape index (κ3) is 7.14. The maximum atomic E-state index is 13.7. The molecule has 9 nitrogen and oxygen atoms in total. The topological polar surface area (TPSA) is 95.1 Å². The summed E-state index contributed by atoms with van der Waals surface area (Å²) in [6, 6.07) is 24.5. The Bertz CT molecular complexity index is 1600. The van der Waals surface area contributed by atoms with E-state index < -0.39 is 10.0 Å². The normalized spacial score (nSPS) is 13.9. The number of hydrogen-bond donors (Lipinski definition) is 1. The van der Waals surface area contributed by atoms with E-state index in [2.05, 4.69) is 20.1 Å². The summed E-state index contributed by atoms with van der Waals surface area (Å²) in [6.45, 7) is 4.68. The summed E-state index contributed by atoms with van der Waals surface area (Å²) in [5.41, 5.74) is 0.636. The average Bonchev–Trinajstić information content (AvgIpc) is 3.02. The first-order chi connectivity index (χ1) is 20.3. The minimum atomic E-state index is -4.19. The molecule has 3 aromatic carbocycles. The molecule has 0 spiro atoms. The maximum absolute atomic E-state index is 13.7. The van der Waals surface area contributed by atoms with Gasteiger partial charge < -0.3 is 15.1 Å². The highest BCUT2D eigenvalue weighted by Crippen LogP contribution is 2.30. The Labute approximate surface area is 255 Å². The fourth-order valence-electron chi connectivity index (χ4n) is 4.46. The molecule has 0 radical (unpaired) electrons. The Kier molecular flexibility index (Phi) is 9.48. The number of nitrogens with one attached hydrogen (secondary N) is 1. The highest BCUT2D eigenvalue weighted by Gasteiger charge is 2.28. The van der Waals surface area contributed by atoms with Gasteiger partial charge in [0.1, 0.15) is 5.82 Å². The van der Waals surface area contributed by atoms with E-state index in [-0.39, 0.29) is 27.3 Å². The van der Waals surface area contributed by atoms with Crippen molar-refractivity contribution >= 4 is 50.6 Å². The SMILES string of the molecule is O=C(NCCN1CCN(c2ccccn2)CC1)c1ccc(S(=O)(=O)N(Oc2ccc(Cl)c(Cl)c2)c2ccccc2)cc1. The van der Waals surface area contributed by atoms with Crippen molar-refractivity contribution in [1.82, 2.24) is 15.2 Å². The maximum Gasteiger partial charge on any atom is 0.295 e. The molecule has 5 rings (SSSR count). The van der Waals surface area contributed by atoms with E-state index in [9.17, 15) is 13.2 Å². The molecule has 0 bridgehead atoms. The number of anilines is 2. The summed E-state index contributed by atoms with van der Waals surface area (Å²) >= 11 is 12.1. The lowest BCUT2D eigenvalue weighted by Gasteiger charge is -2.35. The summed E-state index contributed by atoms with van der Waals surface area (Å²) < 4.78 is 28.1. The molecule has 1 aromatic heterocycles. The number of pyridine rings is 1. The molecule has 0 atom stereocenters. The number of carbonyl (C=O) groups excluding carboxylic acids is 1. The third-order valence-electron chi connectivity index (χ3n) is 6.74. The minimum Gasteiger partial charge on any atom is -0.364 e. The molecule has 0 saturated carbocycles. The van der Waals surface area contributed by atoms with Crippen LogP contribution in [-0.2, 0) is 10.0 Å². The van der Waals surface area contributed by atoms with Crippen molar-refractivity contribution < 1.29 is 18.0 Å². The van der Waals surface area contributed by atoms with E-state index in [1.807, 2.05) is 18.2 Å². The van der Waals surface area contributed by atoms with Crippen LogP contribution in [0.25, 0.3) is 0 Å². The van der Waals surface area contributed by atoms with Gasteiger partial charge in [-0.3, -0.25) is 9.69 Å². The number of para-hydroxylation sites is 1. The van der Waals surface area contributed by atoms with Gasteiger partial charge in [0.2, 0.25) is 0 Å². The van der Waals surface area contributed by atoms with Gasteiger partial charge in [0.15, 0.2) is 5.75 Å². The summed E-state index contributed by atoms with van der Waals surface area (Å²) in [5, 5.41) is 3.46. The van der Waals surface area contributed by atoms with Crippen molar-refractivity contribution in [3.05, 3.63) is 113 Å². The predicted octanol–water partition coefficient (Wildman–Crippen LogP) is 5.13. The third-order valence-corrected chi connectivity index (χ3v) is 9.07. The Balaban J connectivity index is 1.20. The molecule has 1 aliphatic rings.